The van der Waals surface area contributed by atoms with E-state index in [1.165, 1.54) is 33.4 Å². The lowest BCUT2D eigenvalue weighted by Gasteiger charge is -2.28. The molecule has 0 bridgehead atoms. The Morgan fingerprint density at radius 1 is 0.200 bits per heavy atom. The van der Waals surface area contributed by atoms with Crippen LogP contribution in [0.2, 0.25) is 0 Å². The maximum absolute atomic E-state index is 11.0. The summed E-state index contributed by atoms with van der Waals surface area (Å²) in [5.74, 6) is -16.0. The second-order valence-electron chi connectivity index (χ2n) is 27.6. The van der Waals surface area contributed by atoms with E-state index in [0.29, 0.717) is 0 Å². The first-order chi connectivity index (χ1) is 41.4. The topological polar surface area (TPSA) is 241 Å². The first-order valence-corrected chi connectivity index (χ1v) is 29.0. The zero-order chi connectivity index (χ0) is 68.8. The van der Waals surface area contributed by atoms with Gasteiger partial charge in [-0.1, -0.05) is 182 Å². The molecule has 0 aliphatic heterocycles. The molecule has 486 valence electrons. The highest BCUT2D eigenvalue weighted by Crippen LogP contribution is 2.28. The second-order valence-corrected chi connectivity index (χ2v) is 27.6. The number of nitrogens with zero attached hydrogens (tertiary/aromatic N) is 6. The van der Waals surface area contributed by atoms with Crippen LogP contribution in [-0.2, 0) is 39.3 Å². The lowest BCUT2D eigenvalue weighted by atomic mass is 9.86. The number of benzene rings is 7. The van der Waals surface area contributed by atoms with E-state index in [-0.39, 0.29) is 0 Å². The quantitative estimate of drug-likeness (QED) is 0.113. The molecule has 0 radical (unpaired) electrons. The fraction of sp³-hybridized carbons (Fsp3) is 0.333. The zero-order valence-electron chi connectivity index (χ0n) is 56.1. The van der Waals surface area contributed by atoms with E-state index < -0.39 is 69.2 Å². The molecule has 0 unspecified atom stereocenters. The average Bonchev–Trinajstić information content (AvgIpc) is 0.753. The van der Waals surface area contributed by atoms with Crippen molar-refractivity contribution >= 4 is 35.8 Å². The van der Waals surface area contributed by atoms with Crippen LogP contribution in [0.5, 0.6) is 0 Å². The van der Waals surface area contributed by atoms with Gasteiger partial charge in [-0.05, 0) is 0 Å². The van der Waals surface area contributed by atoms with Gasteiger partial charge >= 0.3 is 0 Å². The third-order valence-electron chi connectivity index (χ3n) is 11.7. The van der Waals surface area contributed by atoms with Gasteiger partial charge in [0.25, 0.3) is 0 Å². The van der Waals surface area contributed by atoms with Crippen LogP contribution in [0, 0.1) is 0 Å². The number of rotatable bonds is 18. The fourth-order valence-corrected chi connectivity index (χ4v) is 8.76. The maximum atomic E-state index is 11.0. The van der Waals surface area contributed by atoms with Crippen LogP contribution < -0.4 is 30.6 Å². The van der Waals surface area contributed by atoms with E-state index in [0.717, 1.165) is 66.2 Å². The standard InChI is InChI=1S/C12H6O12.6C10H16N/c13-7(14)1-2(8(15)16)4(10(19)20)6(12(23)24)5(11(21)22)3(1)9(17)18;6*1-11(2,3)9-10-7-5-4-6-8-10/h(H,13,14)(H,15,16)(H,17,18)(H,19,20)(H,21,22)(H,23,24);6*4-8H,9H2,1-3H3/q;6*+1/p-6. The summed E-state index contributed by atoms with van der Waals surface area (Å²) >= 11 is 0. The van der Waals surface area contributed by atoms with Gasteiger partial charge in [-0.25, -0.2) is 0 Å². The summed E-state index contributed by atoms with van der Waals surface area (Å²) in [5, 5.41) is 66.0. The molecule has 0 fully saturated rings. The number of aromatic carboxylic acids is 6. The Bertz CT molecular complexity index is 2710. The molecule has 7 aromatic rings. The molecule has 0 heterocycles. The number of carbonyl (C=O) groups is 6. The van der Waals surface area contributed by atoms with Gasteiger partial charge in [0, 0.05) is 66.8 Å². The Labute approximate surface area is 534 Å². The Kier molecular flexibility index (Phi) is 32.1. The van der Waals surface area contributed by atoms with Crippen LogP contribution in [-0.4, -0.2) is 190 Å². The molecule has 18 heteroatoms. The number of carboxylic acid groups (broad SMARTS) is 6. The average molecular weight is 1240 g/mol. The van der Waals surface area contributed by atoms with Crippen LogP contribution in [0.3, 0.4) is 0 Å². The molecule has 0 aromatic heterocycles. The molecule has 0 amide bonds. The SMILES string of the molecule is C[N+](C)(C)Cc1ccccc1.C[N+](C)(C)Cc1ccccc1.C[N+](C)(C)Cc1ccccc1.C[N+](C)(C)Cc1ccccc1.C[N+](C)(C)Cc1ccccc1.C[N+](C)(C)Cc1ccccc1.O=C([O-])c1c(C(=O)[O-])c(C(=O)[O-])c(C(=O)[O-])c(C(=O)[O-])c1C(=O)[O-]. The van der Waals surface area contributed by atoms with Gasteiger partial charge in [0.1, 0.15) is 39.3 Å². The highest BCUT2D eigenvalue weighted by atomic mass is 16.4. The molecule has 0 atom stereocenters. The minimum atomic E-state index is -2.66. The molecule has 0 N–H and O–H groups in total. The molecule has 0 spiro atoms. The molecule has 0 saturated heterocycles. The van der Waals surface area contributed by atoms with E-state index in [9.17, 15) is 59.4 Å². The molecule has 0 aliphatic carbocycles. The van der Waals surface area contributed by atoms with Crippen LogP contribution in [0.25, 0.3) is 0 Å². The van der Waals surface area contributed by atoms with Crippen LogP contribution in [0.15, 0.2) is 182 Å². The van der Waals surface area contributed by atoms with Gasteiger partial charge in [0.2, 0.25) is 0 Å². The molecular weight excluding hydrogens is 1140 g/mol. The molecule has 18 nitrogen and oxygen atoms in total. The van der Waals surface area contributed by atoms with Crippen molar-refractivity contribution in [3.63, 3.8) is 0 Å². The monoisotopic (exact) mass is 1240 g/mol. The largest absolute Gasteiger partial charge is 0.545 e. The first kappa shape index (κ1) is 79.1. The Hall–Kier alpha value is -8.88. The summed E-state index contributed by atoms with van der Waals surface area (Å²) in [6.07, 6.45) is 0. The van der Waals surface area contributed by atoms with Gasteiger partial charge in [-0.2, -0.15) is 0 Å². The normalized spacial score (nSPS) is 11.1. The van der Waals surface area contributed by atoms with Crippen molar-refractivity contribution in [1.29, 1.82) is 0 Å². The minimum absolute atomic E-state index is 0.990. The lowest BCUT2D eigenvalue weighted by molar-refractivity contribution is -0.884. The summed E-state index contributed by atoms with van der Waals surface area (Å²) < 4.78 is 5.94. The van der Waals surface area contributed by atoms with E-state index in [4.69, 9.17) is 0 Å². The minimum Gasteiger partial charge on any atom is -0.545 e. The predicted octanol–water partition coefficient (Wildman–Crippen LogP) is 3.22. The zero-order valence-corrected chi connectivity index (χ0v) is 56.1. The van der Waals surface area contributed by atoms with E-state index in [1.54, 1.807) is 0 Å². The summed E-state index contributed by atoms with van der Waals surface area (Å²) in [5.41, 5.74) is -3.59. The summed E-state index contributed by atoms with van der Waals surface area (Å²) in [7, 11) is 39.6. The number of carbonyl (C=O) groups excluding carboxylic acids is 6. The molecule has 0 saturated carbocycles. The van der Waals surface area contributed by atoms with Gasteiger partial charge in [0.05, 0.1) is 163 Å². The van der Waals surface area contributed by atoms with Gasteiger partial charge in [0.15, 0.2) is 0 Å². The van der Waals surface area contributed by atoms with Gasteiger partial charge in [-0.15, -0.1) is 0 Å². The van der Waals surface area contributed by atoms with E-state index in [1.807, 2.05) is 0 Å². The third-order valence-corrected chi connectivity index (χ3v) is 11.7. The van der Waals surface area contributed by atoms with Crippen molar-refractivity contribution in [1.82, 2.24) is 0 Å². The van der Waals surface area contributed by atoms with Crippen LogP contribution in [0.1, 0.15) is 95.5 Å². The van der Waals surface area contributed by atoms with Crippen molar-refractivity contribution in [3.8, 4) is 0 Å². The lowest BCUT2D eigenvalue weighted by Crippen LogP contribution is -2.44. The first-order valence-electron chi connectivity index (χ1n) is 29.0. The van der Waals surface area contributed by atoms with Crippen molar-refractivity contribution in [2.24, 2.45) is 0 Å². The molecule has 7 aromatic carbocycles. The number of hydrogen-bond acceptors (Lipinski definition) is 12. The van der Waals surface area contributed by atoms with Gasteiger partial charge < -0.3 is 86.3 Å². The highest BCUT2D eigenvalue weighted by molar-refractivity contribution is 6.21. The van der Waals surface area contributed by atoms with E-state index in [2.05, 4.69) is 309 Å². The Balaban J connectivity index is 0.000000540. The predicted molar refractivity (Wildman–Crippen MR) is 341 cm³/mol. The Morgan fingerprint density at radius 2 is 0.289 bits per heavy atom. The van der Waals surface area contributed by atoms with Gasteiger partial charge in [-0.3, -0.25) is 0 Å². The van der Waals surface area contributed by atoms with Crippen molar-refractivity contribution < 1.29 is 86.3 Å². The van der Waals surface area contributed by atoms with Crippen LogP contribution in [0.4, 0.5) is 0 Å². The fourth-order valence-electron chi connectivity index (χ4n) is 8.76. The summed E-state index contributed by atoms with van der Waals surface area (Å²) in [6.45, 7) is 6.59. The number of hydrogen-bond donors (Lipinski definition) is 0. The summed E-state index contributed by atoms with van der Waals surface area (Å²) in [6, 6.07) is 63.4. The Morgan fingerprint density at radius 3 is 0.356 bits per heavy atom. The summed E-state index contributed by atoms with van der Waals surface area (Å²) in [4.78, 5) is 66.0. The molecule has 90 heavy (non-hydrogen) atoms. The smallest absolute Gasteiger partial charge is 0.104 e. The van der Waals surface area contributed by atoms with Crippen molar-refractivity contribution in [2.75, 3.05) is 127 Å². The maximum Gasteiger partial charge on any atom is 0.104 e. The van der Waals surface area contributed by atoms with Crippen molar-refractivity contribution in [3.05, 3.63) is 249 Å². The van der Waals surface area contributed by atoms with E-state index >= 15 is 0 Å². The highest BCUT2D eigenvalue weighted by Gasteiger charge is 2.27. The van der Waals surface area contributed by atoms with Crippen molar-refractivity contribution in [2.45, 2.75) is 39.3 Å². The molecule has 0 aliphatic rings. The second kappa shape index (κ2) is 36.6. The number of carboxylic acids is 6. The molecule has 7 rings (SSSR count). The number of quaternary nitrogens is 6. The third kappa shape index (κ3) is 35.2. The van der Waals surface area contributed by atoms with Crippen LogP contribution >= 0.6 is 0 Å². The molecular formula is C72H96N6O12.